The van der Waals surface area contributed by atoms with Crippen LogP contribution in [-0.4, -0.2) is 4.98 Å². The molecule has 0 atom stereocenters. The lowest BCUT2D eigenvalue weighted by atomic mass is 10.2. The smallest absolute Gasteiger partial charge is 0.110 e. The predicted octanol–water partition coefficient (Wildman–Crippen LogP) is 4.37. The van der Waals surface area contributed by atoms with Crippen LogP contribution in [-0.2, 0) is 5.75 Å². The predicted molar refractivity (Wildman–Crippen MR) is 77.4 cm³/mol. The number of hydrogen-bond donors (Lipinski definition) is 1. The van der Waals surface area contributed by atoms with E-state index in [2.05, 4.69) is 20.9 Å². The highest BCUT2D eigenvalue weighted by Gasteiger charge is 2.07. The van der Waals surface area contributed by atoms with E-state index in [9.17, 15) is 0 Å². The molecule has 5 heteroatoms. The van der Waals surface area contributed by atoms with Crippen LogP contribution in [0.3, 0.4) is 0 Å². The maximum Gasteiger partial charge on any atom is 0.110 e. The maximum atomic E-state index is 6.11. The van der Waals surface area contributed by atoms with Gasteiger partial charge in [-0.1, -0.05) is 17.7 Å². The molecule has 2 nitrogen and oxygen atoms in total. The maximum absolute atomic E-state index is 6.11. The highest BCUT2D eigenvalue weighted by molar-refractivity contribution is 9.10. The minimum atomic E-state index is 0.699. The summed E-state index contributed by atoms with van der Waals surface area (Å²) in [7, 11) is 0. The van der Waals surface area contributed by atoms with Gasteiger partial charge in [0.1, 0.15) is 5.03 Å². The van der Waals surface area contributed by atoms with Gasteiger partial charge in [-0.05, 0) is 40.2 Å². The van der Waals surface area contributed by atoms with Gasteiger partial charge in [-0.25, -0.2) is 4.98 Å². The number of anilines is 1. The van der Waals surface area contributed by atoms with Gasteiger partial charge in [0.15, 0.2) is 0 Å². The van der Waals surface area contributed by atoms with Gasteiger partial charge in [0.2, 0.25) is 0 Å². The van der Waals surface area contributed by atoms with E-state index < -0.39 is 0 Å². The van der Waals surface area contributed by atoms with E-state index in [1.54, 1.807) is 18.0 Å². The zero-order chi connectivity index (χ0) is 12.3. The first-order chi connectivity index (χ1) is 8.18. The van der Waals surface area contributed by atoms with Gasteiger partial charge in [-0.2, -0.15) is 0 Å². The van der Waals surface area contributed by atoms with Crippen LogP contribution in [0.5, 0.6) is 0 Å². The highest BCUT2D eigenvalue weighted by atomic mass is 79.9. The van der Waals surface area contributed by atoms with Gasteiger partial charge in [0, 0.05) is 32.7 Å². The molecule has 0 bridgehead atoms. The normalized spacial score (nSPS) is 10.5. The molecule has 0 amide bonds. The summed E-state index contributed by atoms with van der Waals surface area (Å²) < 4.78 is 0.982. The topological polar surface area (TPSA) is 38.9 Å². The molecule has 2 rings (SSSR count). The molecule has 0 saturated heterocycles. The largest absolute Gasteiger partial charge is 0.398 e. The fourth-order valence-corrected chi connectivity index (χ4v) is 3.22. The lowest BCUT2D eigenvalue weighted by Crippen LogP contribution is -1.93. The Balaban J connectivity index is 2.16. The number of halogens is 2. The Labute approximate surface area is 118 Å². The van der Waals surface area contributed by atoms with Crippen LogP contribution < -0.4 is 5.73 Å². The first-order valence-corrected chi connectivity index (χ1v) is 7.10. The monoisotopic (exact) mass is 328 g/mol. The molecule has 0 fully saturated rings. The van der Waals surface area contributed by atoms with Crippen LogP contribution in [0.1, 0.15) is 5.56 Å². The van der Waals surface area contributed by atoms with Crippen molar-refractivity contribution in [3.8, 4) is 0 Å². The standard InChI is InChI=1S/C12H10BrClN2S/c13-9-3-2-6-16-12(9)17-7-8-10(14)4-1-5-11(8)15/h1-6H,7,15H2. The number of aromatic nitrogens is 1. The minimum absolute atomic E-state index is 0.699. The fraction of sp³-hybridized carbons (Fsp3) is 0.0833. The average molecular weight is 330 g/mol. The van der Waals surface area contributed by atoms with Gasteiger partial charge in [0.25, 0.3) is 0 Å². The second-order valence-electron chi connectivity index (χ2n) is 3.39. The Hall–Kier alpha value is -0.710. The Kier molecular flexibility index (Phi) is 4.31. The second-order valence-corrected chi connectivity index (χ2v) is 5.61. The molecule has 17 heavy (non-hydrogen) atoms. The number of benzene rings is 1. The van der Waals surface area contributed by atoms with Crippen molar-refractivity contribution in [2.45, 2.75) is 10.8 Å². The van der Waals surface area contributed by atoms with E-state index in [0.717, 1.165) is 20.7 Å². The number of nitrogens with zero attached hydrogens (tertiary/aromatic N) is 1. The number of hydrogen-bond acceptors (Lipinski definition) is 3. The third-order valence-corrected chi connectivity index (χ3v) is 4.52. The van der Waals surface area contributed by atoms with Crippen LogP contribution in [0.25, 0.3) is 0 Å². The third kappa shape index (κ3) is 3.15. The van der Waals surface area contributed by atoms with Crippen LogP contribution in [0.4, 0.5) is 5.69 Å². The summed E-state index contributed by atoms with van der Waals surface area (Å²) in [4.78, 5) is 4.28. The molecule has 0 aliphatic heterocycles. The summed E-state index contributed by atoms with van der Waals surface area (Å²) in [5.41, 5.74) is 7.57. The van der Waals surface area contributed by atoms with E-state index >= 15 is 0 Å². The highest BCUT2D eigenvalue weighted by Crippen LogP contribution is 2.32. The van der Waals surface area contributed by atoms with E-state index in [0.29, 0.717) is 10.8 Å². The van der Waals surface area contributed by atoms with E-state index in [1.165, 1.54) is 0 Å². The van der Waals surface area contributed by atoms with Gasteiger partial charge < -0.3 is 5.73 Å². The van der Waals surface area contributed by atoms with E-state index in [4.69, 9.17) is 17.3 Å². The second kappa shape index (κ2) is 5.76. The molecule has 0 aliphatic carbocycles. The van der Waals surface area contributed by atoms with Crippen molar-refractivity contribution in [3.63, 3.8) is 0 Å². The van der Waals surface area contributed by atoms with Crippen LogP contribution >= 0.6 is 39.3 Å². The summed E-state index contributed by atoms with van der Waals surface area (Å²) in [5, 5.41) is 1.64. The summed E-state index contributed by atoms with van der Waals surface area (Å²) in [6.07, 6.45) is 1.77. The molecule has 0 spiro atoms. The quantitative estimate of drug-likeness (QED) is 0.671. The molecule has 1 aromatic carbocycles. The number of nitrogen functional groups attached to an aromatic ring is 1. The number of pyridine rings is 1. The lowest BCUT2D eigenvalue weighted by molar-refractivity contribution is 1.11. The molecule has 88 valence electrons. The Morgan fingerprint density at radius 3 is 2.82 bits per heavy atom. The van der Waals surface area contributed by atoms with Crippen LogP contribution in [0.2, 0.25) is 5.02 Å². The van der Waals surface area contributed by atoms with Crippen LogP contribution in [0.15, 0.2) is 46.0 Å². The molecule has 1 aromatic heterocycles. The first-order valence-electron chi connectivity index (χ1n) is 4.94. The van der Waals surface area contributed by atoms with Gasteiger partial charge >= 0.3 is 0 Å². The van der Waals surface area contributed by atoms with Crippen molar-refractivity contribution in [2.24, 2.45) is 0 Å². The fourth-order valence-electron chi connectivity index (χ4n) is 1.35. The first kappa shape index (κ1) is 12.7. The van der Waals surface area contributed by atoms with Gasteiger partial charge in [-0.15, -0.1) is 11.8 Å². The minimum Gasteiger partial charge on any atom is -0.398 e. The van der Waals surface area contributed by atoms with Crippen molar-refractivity contribution in [2.75, 3.05) is 5.73 Å². The van der Waals surface area contributed by atoms with Crippen molar-refractivity contribution in [1.82, 2.24) is 4.98 Å². The zero-order valence-corrected chi connectivity index (χ0v) is 12.0. The van der Waals surface area contributed by atoms with E-state index in [1.807, 2.05) is 30.3 Å². The molecular formula is C12H10BrClN2S. The van der Waals surface area contributed by atoms with Crippen molar-refractivity contribution < 1.29 is 0 Å². The lowest BCUT2D eigenvalue weighted by Gasteiger charge is -2.07. The van der Waals surface area contributed by atoms with Crippen molar-refractivity contribution >= 4 is 45.0 Å². The summed E-state index contributed by atoms with van der Waals surface area (Å²) in [5.74, 6) is 0.709. The third-order valence-electron chi connectivity index (χ3n) is 2.23. The van der Waals surface area contributed by atoms with Gasteiger partial charge in [-0.3, -0.25) is 0 Å². The molecule has 0 aliphatic rings. The average Bonchev–Trinajstić information content (AvgIpc) is 2.30. The Bertz CT molecular complexity index is 513. The molecule has 2 aromatic rings. The molecule has 0 radical (unpaired) electrons. The molecule has 0 saturated carbocycles. The zero-order valence-electron chi connectivity index (χ0n) is 8.86. The van der Waals surface area contributed by atoms with Crippen molar-refractivity contribution in [3.05, 3.63) is 51.6 Å². The number of nitrogens with two attached hydrogens (primary N) is 1. The molecule has 1 heterocycles. The SMILES string of the molecule is Nc1cccc(Cl)c1CSc1ncccc1Br. The molecule has 2 N–H and O–H groups in total. The Morgan fingerprint density at radius 2 is 2.12 bits per heavy atom. The summed E-state index contributed by atoms with van der Waals surface area (Å²) >= 11 is 11.2. The summed E-state index contributed by atoms with van der Waals surface area (Å²) in [6, 6.07) is 9.41. The molecular weight excluding hydrogens is 320 g/mol. The number of thioether (sulfide) groups is 1. The Morgan fingerprint density at radius 1 is 1.29 bits per heavy atom. The van der Waals surface area contributed by atoms with Crippen LogP contribution in [0, 0.1) is 0 Å². The van der Waals surface area contributed by atoms with Gasteiger partial charge in [0.05, 0.1) is 0 Å². The van der Waals surface area contributed by atoms with Crippen molar-refractivity contribution in [1.29, 1.82) is 0 Å². The van der Waals surface area contributed by atoms with E-state index in [-0.39, 0.29) is 0 Å². The summed E-state index contributed by atoms with van der Waals surface area (Å²) in [6.45, 7) is 0. The molecule has 0 unspecified atom stereocenters. The number of rotatable bonds is 3.